The normalized spacial score (nSPS) is 13.3. The molecule has 0 saturated heterocycles. The van der Waals surface area contributed by atoms with Crippen LogP contribution >= 0.6 is 23.1 Å². The van der Waals surface area contributed by atoms with E-state index in [1.54, 1.807) is 11.3 Å². The van der Waals surface area contributed by atoms with Crippen LogP contribution in [0.5, 0.6) is 0 Å². The Morgan fingerprint density at radius 3 is 2.79 bits per heavy atom. The summed E-state index contributed by atoms with van der Waals surface area (Å²) in [6.07, 6.45) is 5.34. The second-order valence-corrected chi connectivity index (χ2v) is 7.95. The Hall–Kier alpha value is -0.790. The summed E-state index contributed by atoms with van der Waals surface area (Å²) in [5.74, 6) is 1.99. The lowest BCUT2D eigenvalue weighted by molar-refractivity contribution is 0.292. The van der Waals surface area contributed by atoms with Crippen LogP contribution in [0.3, 0.4) is 0 Å². The van der Waals surface area contributed by atoms with Gasteiger partial charge in [0.2, 0.25) is 0 Å². The van der Waals surface area contributed by atoms with E-state index in [2.05, 4.69) is 46.3 Å². The molecule has 2 N–H and O–H groups in total. The molecule has 1 atom stereocenters. The van der Waals surface area contributed by atoms with Crippen LogP contribution in [-0.4, -0.2) is 60.9 Å². The Kier molecular flexibility index (Phi) is 12.0. The smallest absolute Gasteiger partial charge is 0.191 e. The average Bonchev–Trinajstić information content (AvgIpc) is 3.10. The molecule has 0 spiro atoms. The van der Waals surface area contributed by atoms with Crippen molar-refractivity contribution in [1.82, 2.24) is 20.5 Å². The lowest BCUT2D eigenvalue weighted by Crippen LogP contribution is -2.42. The van der Waals surface area contributed by atoms with Gasteiger partial charge in [0.1, 0.15) is 4.34 Å². The SMILES string of the molecule is CCN(CC)CCCC(C)NC(=NC)NCCCSc1nccs1. The van der Waals surface area contributed by atoms with Gasteiger partial charge in [-0.2, -0.15) is 0 Å². The summed E-state index contributed by atoms with van der Waals surface area (Å²) in [7, 11) is 1.84. The molecule has 0 radical (unpaired) electrons. The van der Waals surface area contributed by atoms with Crippen LogP contribution in [-0.2, 0) is 0 Å². The van der Waals surface area contributed by atoms with Gasteiger partial charge in [-0.15, -0.1) is 11.3 Å². The molecule has 1 heterocycles. The fourth-order valence-electron chi connectivity index (χ4n) is 2.38. The van der Waals surface area contributed by atoms with E-state index in [9.17, 15) is 0 Å². The van der Waals surface area contributed by atoms with Gasteiger partial charge in [-0.1, -0.05) is 25.6 Å². The third kappa shape index (κ3) is 9.49. The number of hydrogen-bond acceptors (Lipinski definition) is 5. The topological polar surface area (TPSA) is 52.5 Å². The van der Waals surface area contributed by atoms with Gasteiger partial charge < -0.3 is 15.5 Å². The first-order valence-electron chi connectivity index (χ1n) is 8.91. The molecule has 0 saturated carbocycles. The molecule has 1 aromatic rings. The molecule has 0 aliphatic carbocycles. The third-order valence-electron chi connectivity index (χ3n) is 3.86. The van der Waals surface area contributed by atoms with Crippen LogP contribution in [0, 0.1) is 0 Å². The highest BCUT2D eigenvalue weighted by atomic mass is 32.2. The molecule has 0 aliphatic heterocycles. The summed E-state index contributed by atoms with van der Waals surface area (Å²) >= 11 is 3.53. The fraction of sp³-hybridized carbons (Fsp3) is 0.765. The first kappa shape index (κ1) is 21.3. The molecular weight excluding hydrogens is 338 g/mol. The van der Waals surface area contributed by atoms with E-state index < -0.39 is 0 Å². The van der Waals surface area contributed by atoms with Gasteiger partial charge in [0, 0.05) is 37.0 Å². The number of aliphatic imine (C=N–C) groups is 1. The summed E-state index contributed by atoms with van der Waals surface area (Å²) in [5, 5.41) is 8.91. The number of rotatable bonds is 12. The van der Waals surface area contributed by atoms with E-state index in [-0.39, 0.29) is 0 Å². The molecule has 1 rings (SSSR count). The Morgan fingerprint density at radius 2 is 2.17 bits per heavy atom. The number of guanidine groups is 1. The average molecular weight is 372 g/mol. The maximum absolute atomic E-state index is 4.32. The fourth-order valence-corrected chi connectivity index (χ4v) is 4.03. The molecule has 5 nitrogen and oxygen atoms in total. The first-order valence-corrected chi connectivity index (χ1v) is 10.8. The lowest BCUT2D eigenvalue weighted by atomic mass is 10.2. The van der Waals surface area contributed by atoms with Crippen LogP contribution in [0.25, 0.3) is 0 Å². The van der Waals surface area contributed by atoms with Gasteiger partial charge in [-0.25, -0.2) is 4.98 Å². The van der Waals surface area contributed by atoms with Gasteiger partial charge in [0.25, 0.3) is 0 Å². The molecule has 0 bridgehead atoms. The van der Waals surface area contributed by atoms with Crippen molar-refractivity contribution in [2.45, 2.75) is 50.4 Å². The van der Waals surface area contributed by atoms with E-state index >= 15 is 0 Å². The van der Waals surface area contributed by atoms with Crippen molar-refractivity contribution in [1.29, 1.82) is 0 Å². The Morgan fingerprint density at radius 1 is 1.38 bits per heavy atom. The van der Waals surface area contributed by atoms with Gasteiger partial charge in [0.05, 0.1) is 0 Å². The number of thioether (sulfide) groups is 1. The number of nitrogens with zero attached hydrogens (tertiary/aromatic N) is 3. The predicted octanol–water partition coefficient (Wildman–Crippen LogP) is 3.30. The maximum atomic E-state index is 4.32. The molecular formula is C17H33N5S2. The van der Waals surface area contributed by atoms with Crippen LogP contribution in [0.2, 0.25) is 0 Å². The van der Waals surface area contributed by atoms with Gasteiger partial charge in [-0.3, -0.25) is 4.99 Å². The zero-order valence-electron chi connectivity index (χ0n) is 15.5. The Bertz CT molecular complexity index is 432. The molecule has 24 heavy (non-hydrogen) atoms. The summed E-state index contributed by atoms with van der Waals surface area (Å²) < 4.78 is 1.15. The molecule has 0 fully saturated rings. The van der Waals surface area contributed by atoms with E-state index in [1.807, 2.05) is 30.4 Å². The zero-order chi connectivity index (χ0) is 17.6. The minimum Gasteiger partial charge on any atom is -0.356 e. The minimum atomic E-state index is 0.441. The summed E-state index contributed by atoms with van der Waals surface area (Å²) in [6.45, 7) is 11.1. The first-order chi connectivity index (χ1) is 11.7. The summed E-state index contributed by atoms with van der Waals surface area (Å²) in [4.78, 5) is 11.1. The van der Waals surface area contributed by atoms with Crippen LogP contribution in [0.1, 0.15) is 40.0 Å². The maximum Gasteiger partial charge on any atom is 0.191 e. The lowest BCUT2D eigenvalue weighted by Gasteiger charge is -2.21. The van der Waals surface area contributed by atoms with E-state index in [0.717, 1.165) is 48.5 Å². The van der Waals surface area contributed by atoms with Crippen molar-refractivity contribution >= 4 is 29.1 Å². The monoisotopic (exact) mass is 371 g/mol. The third-order valence-corrected chi connectivity index (χ3v) is 5.91. The molecule has 138 valence electrons. The quantitative estimate of drug-likeness (QED) is 0.255. The number of thiazole rings is 1. The molecule has 1 unspecified atom stereocenters. The largest absolute Gasteiger partial charge is 0.356 e. The number of aromatic nitrogens is 1. The van der Waals surface area contributed by atoms with Crippen molar-refractivity contribution in [3.63, 3.8) is 0 Å². The highest BCUT2D eigenvalue weighted by molar-refractivity contribution is 8.00. The van der Waals surface area contributed by atoms with Crippen molar-refractivity contribution in [2.24, 2.45) is 4.99 Å². The Labute approximate surface area is 155 Å². The van der Waals surface area contributed by atoms with Crippen molar-refractivity contribution < 1.29 is 0 Å². The second-order valence-electron chi connectivity index (χ2n) is 5.71. The molecule has 1 aromatic heterocycles. The van der Waals surface area contributed by atoms with Crippen molar-refractivity contribution in [2.75, 3.05) is 39.0 Å². The standard InChI is InChI=1S/C17H33N5S2/c1-5-22(6-2)12-7-9-15(3)21-16(18-4)19-10-8-13-23-17-20-11-14-24-17/h11,14-15H,5-10,12-13H2,1-4H3,(H2,18,19,21). The van der Waals surface area contributed by atoms with Crippen molar-refractivity contribution in [3.8, 4) is 0 Å². The highest BCUT2D eigenvalue weighted by Crippen LogP contribution is 2.20. The number of nitrogens with one attached hydrogen (secondary N) is 2. The van der Waals surface area contributed by atoms with Crippen LogP contribution < -0.4 is 10.6 Å². The van der Waals surface area contributed by atoms with Crippen molar-refractivity contribution in [3.05, 3.63) is 11.6 Å². The molecule has 0 aliphatic rings. The predicted molar refractivity (Wildman–Crippen MR) is 108 cm³/mol. The molecule has 0 amide bonds. The molecule has 0 aromatic carbocycles. The van der Waals surface area contributed by atoms with E-state index in [1.165, 1.54) is 13.0 Å². The van der Waals surface area contributed by atoms with Gasteiger partial charge in [-0.05, 0) is 45.8 Å². The summed E-state index contributed by atoms with van der Waals surface area (Å²) in [6, 6.07) is 0.441. The second kappa shape index (κ2) is 13.5. The highest BCUT2D eigenvalue weighted by Gasteiger charge is 2.06. The minimum absolute atomic E-state index is 0.441. The van der Waals surface area contributed by atoms with Crippen LogP contribution in [0.15, 0.2) is 20.9 Å². The zero-order valence-corrected chi connectivity index (χ0v) is 17.2. The van der Waals surface area contributed by atoms with Gasteiger partial charge >= 0.3 is 0 Å². The van der Waals surface area contributed by atoms with E-state index in [0.29, 0.717) is 6.04 Å². The Balaban J connectivity index is 2.10. The summed E-state index contributed by atoms with van der Waals surface area (Å²) in [5.41, 5.74) is 0. The van der Waals surface area contributed by atoms with Gasteiger partial charge in [0.15, 0.2) is 5.96 Å². The molecule has 7 heteroatoms. The van der Waals surface area contributed by atoms with Crippen LogP contribution in [0.4, 0.5) is 0 Å². The van der Waals surface area contributed by atoms with E-state index in [4.69, 9.17) is 0 Å². The number of hydrogen-bond donors (Lipinski definition) is 2.